The molecule has 3 aromatic carbocycles. The molecule has 0 radical (unpaired) electrons. The highest BCUT2D eigenvalue weighted by Crippen LogP contribution is 2.30. The van der Waals surface area contributed by atoms with E-state index in [1.165, 1.54) is 16.7 Å². The number of aryl methyl sites for hydroxylation is 2. The molecule has 2 aromatic heterocycles. The van der Waals surface area contributed by atoms with Crippen LogP contribution in [0.5, 0.6) is 0 Å². The quantitative estimate of drug-likeness (QED) is 0.338. The van der Waals surface area contributed by atoms with Gasteiger partial charge in [0.1, 0.15) is 11.9 Å². The van der Waals surface area contributed by atoms with Gasteiger partial charge in [-0.15, -0.1) is 0 Å². The van der Waals surface area contributed by atoms with Crippen molar-refractivity contribution in [3.05, 3.63) is 101 Å². The van der Waals surface area contributed by atoms with Gasteiger partial charge < -0.3 is 9.55 Å². The van der Waals surface area contributed by atoms with Gasteiger partial charge in [0, 0.05) is 28.7 Å². The van der Waals surface area contributed by atoms with Gasteiger partial charge in [-0.05, 0) is 61.7 Å². The van der Waals surface area contributed by atoms with Gasteiger partial charge in [-0.25, -0.2) is 4.98 Å². The molecule has 0 bridgehead atoms. The Morgan fingerprint density at radius 1 is 1.00 bits per heavy atom. The first kappa shape index (κ1) is 19.8. The minimum absolute atomic E-state index is 0.530. The molecule has 0 aliphatic rings. The number of nitrogens with one attached hydrogen (secondary N) is 1. The zero-order valence-electron chi connectivity index (χ0n) is 18.5. The van der Waals surface area contributed by atoms with Gasteiger partial charge in [-0.1, -0.05) is 48.5 Å². The molecule has 5 aromatic rings. The number of nitrogens with zero attached hydrogens (tertiary/aromatic N) is 3. The minimum Gasteiger partial charge on any atom is -0.340 e. The van der Waals surface area contributed by atoms with Crippen molar-refractivity contribution >= 4 is 33.6 Å². The van der Waals surface area contributed by atoms with Crippen molar-refractivity contribution in [2.45, 2.75) is 27.3 Å². The van der Waals surface area contributed by atoms with Crippen LogP contribution in [0.25, 0.3) is 33.6 Å². The third kappa shape index (κ3) is 3.38. The third-order valence-electron chi connectivity index (χ3n) is 6.22. The molecule has 0 saturated carbocycles. The van der Waals surface area contributed by atoms with E-state index in [0.717, 1.165) is 39.7 Å². The number of hydrogen-bond donors (Lipinski definition) is 1. The molecule has 0 atom stereocenters. The molecule has 1 N–H and O–H groups in total. The lowest BCUT2D eigenvalue weighted by Crippen LogP contribution is -2.01. The number of allylic oxidation sites excluding steroid dienone is 1. The number of aromatic nitrogens is 3. The molecule has 0 amide bonds. The van der Waals surface area contributed by atoms with Gasteiger partial charge in [0.2, 0.25) is 0 Å². The van der Waals surface area contributed by atoms with E-state index in [0.29, 0.717) is 11.4 Å². The highest BCUT2D eigenvalue weighted by atomic mass is 15.0. The molecule has 4 nitrogen and oxygen atoms in total. The second-order valence-electron chi connectivity index (χ2n) is 8.30. The highest BCUT2D eigenvalue weighted by Gasteiger charge is 2.15. The van der Waals surface area contributed by atoms with Crippen LogP contribution in [-0.4, -0.2) is 14.5 Å². The summed E-state index contributed by atoms with van der Waals surface area (Å²) in [4.78, 5) is 8.05. The first-order valence-electron chi connectivity index (χ1n) is 10.8. The van der Waals surface area contributed by atoms with Crippen molar-refractivity contribution in [3.8, 4) is 6.07 Å². The number of aromatic amines is 1. The Morgan fingerprint density at radius 3 is 2.50 bits per heavy atom. The summed E-state index contributed by atoms with van der Waals surface area (Å²) < 4.78 is 2.32. The van der Waals surface area contributed by atoms with Crippen LogP contribution in [0.4, 0.5) is 0 Å². The van der Waals surface area contributed by atoms with E-state index < -0.39 is 0 Å². The Labute approximate surface area is 187 Å². The van der Waals surface area contributed by atoms with Crippen LogP contribution in [-0.2, 0) is 6.54 Å². The van der Waals surface area contributed by atoms with Crippen LogP contribution >= 0.6 is 0 Å². The lowest BCUT2D eigenvalue weighted by molar-refractivity contribution is 0.804. The number of fused-ring (bicyclic) bond motifs is 2. The summed E-state index contributed by atoms with van der Waals surface area (Å²) in [5.74, 6) is 0.604. The fraction of sp³-hybridized carbons (Fsp3) is 0.143. The summed E-state index contributed by atoms with van der Waals surface area (Å²) in [6.45, 7) is 7.07. The molecule has 0 spiro atoms. The number of rotatable bonds is 4. The molecule has 156 valence electrons. The SMILES string of the molecule is Cc1cc2nc(/C(C#N)=C\c3c(C)n(Cc4ccccc4)c4ccccc34)[nH]c2cc1C. The van der Waals surface area contributed by atoms with Gasteiger partial charge in [0.25, 0.3) is 0 Å². The second kappa shape index (κ2) is 7.86. The average Bonchev–Trinajstić information content (AvgIpc) is 3.32. The maximum atomic E-state index is 9.99. The number of benzene rings is 3. The predicted octanol–water partition coefficient (Wildman–Crippen LogP) is 6.56. The molecule has 4 heteroatoms. The lowest BCUT2D eigenvalue weighted by atomic mass is 10.1. The number of para-hydroxylation sites is 1. The minimum atomic E-state index is 0.530. The molecule has 2 heterocycles. The summed E-state index contributed by atoms with van der Waals surface area (Å²) in [5, 5.41) is 11.1. The summed E-state index contributed by atoms with van der Waals surface area (Å²) >= 11 is 0. The summed E-state index contributed by atoms with van der Waals surface area (Å²) in [6, 6.07) is 25.3. The van der Waals surface area contributed by atoms with Crippen molar-refractivity contribution in [3.63, 3.8) is 0 Å². The van der Waals surface area contributed by atoms with Gasteiger partial charge in [0.15, 0.2) is 0 Å². The number of imidazole rings is 1. The number of H-pyrrole nitrogens is 1. The largest absolute Gasteiger partial charge is 0.340 e. The van der Waals surface area contributed by atoms with Crippen LogP contribution in [0, 0.1) is 32.1 Å². The molecule has 0 aliphatic carbocycles. The average molecular weight is 417 g/mol. The lowest BCUT2D eigenvalue weighted by Gasteiger charge is -2.08. The molecular weight excluding hydrogens is 392 g/mol. The second-order valence-corrected chi connectivity index (χ2v) is 8.30. The fourth-order valence-corrected chi connectivity index (χ4v) is 4.30. The van der Waals surface area contributed by atoms with E-state index in [1.807, 2.05) is 18.2 Å². The van der Waals surface area contributed by atoms with Crippen molar-refractivity contribution in [2.75, 3.05) is 0 Å². The predicted molar refractivity (Wildman–Crippen MR) is 131 cm³/mol. The first-order valence-corrected chi connectivity index (χ1v) is 10.8. The Bertz CT molecular complexity index is 1490. The van der Waals surface area contributed by atoms with Crippen LogP contribution in [0.2, 0.25) is 0 Å². The Hall–Kier alpha value is -4.10. The highest BCUT2D eigenvalue weighted by molar-refractivity contribution is 5.99. The number of nitriles is 1. The summed E-state index contributed by atoms with van der Waals surface area (Å²) in [6.07, 6.45) is 1.97. The van der Waals surface area contributed by atoms with Gasteiger partial charge in [-0.3, -0.25) is 0 Å². The zero-order valence-corrected chi connectivity index (χ0v) is 18.5. The van der Waals surface area contributed by atoms with Gasteiger partial charge >= 0.3 is 0 Å². The topological polar surface area (TPSA) is 57.4 Å². The molecule has 5 rings (SSSR count). The van der Waals surface area contributed by atoms with E-state index in [2.05, 4.69) is 91.0 Å². The standard InChI is InChI=1S/C28H24N4/c1-18-13-25-26(14-19(18)2)31-28(30-25)22(16-29)15-24-20(3)32(17-21-9-5-4-6-10-21)27-12-8-7-11-23(24)27/h4-15H,17H2,1-3H3,(H,30,31)/b22-15-. The Balaban J connectivity index is 1.65. The summed E-state index contributed by atoms with van der Waals surface area (Å²) in [5.41, 5.74) is 9.35. The Kier molecular flexibility index (Phi) is 4.88. The van der Waals surface area contributed by atoms with Crippen molar-refractivity contribution in [1.29, 1.82) is 5.26 Å². The van der Waals surface area contributed by atoms with Crippen LogP contribution in [0.15, 0.2) is 66.7 Å². The smallest absolute Gasteiger partial charge is 0.149 e. The summed E-state index contributed by atoms with van der Waals surface area (Å²) in [7, 11) is 0. The molecular formula is C28H24N4. The van der Waals surface area contributed by atoms with E-state index in [9.17, 15) is 5.26 Å². The maximum absolute atomic E-state index is 9.99. The van der Waals surface area contributed by atoms with E-state index in [4.69, 9.17) is 4.98 Å². The van der Waals surface area contributed by atoms with Crippen molar-refractivity contribution < 1.29 is 0 Å². The zero-order chi connectivity index (χ0) is 22.2. The van der Waals surface area contributed by atoms with E-state index in [1.54, 1.807) is 0 Å². The molecule has 0 aliphatic heterocycles. The molecule has 0 saturated heterocycles. The fourth-order valence-electron chi connectivity index (χ4n) is 4.30. The normalized spacial score (nSPS) is 11.9. The van der Waals surface area contributed by atoms with Crippen LogP contribution in [0.3, 0.4) is 0 Å². The Morgan fingerprint density at radius 2 is 1.72 bits per heavy atom. The molecule has 32 heavy (non-hydrogen) atoms. The van der Waals surface area contributed by atoms with Gasteiger partial charge in [-0.2, -0.15) is 5.26 Å². The van der Waals surface area contributed by atoms with Crippen LogP contribution < -0.4 is 0 Å². The van der Waals surface area contributed by atoms with Gasteiger partial charge in [0.05, 0.1) is 16.6 Å². The molecule has 0 unspecified atom stereocenters. The van der Waals surface area contributed by atoms with E-state index >= 15 is 0 Å². The maximum Gasteiger partial charge on any atom is 0.149 e. The van der Waals surface area contributed by atoms with E-state index in [-0.39, 0.29) is 0 Å². The number of hydrogen-bond acceptors (Lipinski definition) is 2. The van der Waals surface area contributed by atoms with Crippen molar-refractivity contribution in [1.82, 2.24) is 14.5 Å². The molecule has 0 fully saturated rings. The van der Waals surface area contributed by atoms with Crippen molar-refractivity contribution in [2.24, 2.45) is 0 Å². The first-order chi connectivity index (χ1) is 15.5. The van der Waals surface area contributed by atoms with Crippen LogP contribution in [0.1, 0.15) is 33.8 Å². The monoisotopic (exact) mass is 416 g/mol. The third-order valence-corrected chi connectivity index (χ3v) is 6.22.